The average molecular weight is 253 g/mol. The summed E-state index contributed by atoms with van der Waals surface area (Å²) >= 11 is 0. The maximum Gasteiger partial charge on any atom is 0.133 e. The zero-order valence-electron chi connectivity index (χ0n) is 11.0. The second kappa shape index (κ2) is 5.35. The van der Waals surface area contributed by atoms with Gasteiger partial charge in [0.2, 0.25) is 0 Å². The van der Waals surface area contributed by atoms with Crippen LogP contribution in [0.2, 0.25) is 0 Å². The van der Waals surface area contributed by atoms with Gasteiger partial charge in [0.15, 0.2) is 0 Å². The van der Waals surface area contributed by atoms with Gasteiger partial charge < -0.3 is 5.73 Å². The van der Waals surface area contributed by atoms with E-state index in [1.165, 1.54) is 12.1 Å². The number of halogens is 2. The maximum atomic E-state index is 14.0. The number of hydrogen-bond donors (Lipinski definition) is 1. The first-order chi connectivity index (χ1) is 8.54. The summed E-state index contributed by atoms with van der Waals surface area (Å²) in [5, 5.41) is 0. The van der Waals surface area contributed by atoms with Gasteiger partial charge in [-0.25, -0.2) is 8.78 Å². The van der Waals surface area contributed by atoms with Gasteiger partial charge in [0.1, 0.15) is 11.6 Å². The van der Waals surface area contributed by atoms with Crippen LogP contribution in [0.4, 0.5) is 8.78 Å². The SMILES string of the molecule is CCC1CCC(C(N)c2c(F)ccc(C)c2F)C1. The van der Waals surface area contributed by atoms with E-state index in [1.807, 2.05) is 0 Å². The van der Waals surface area contributed by atoms with E-state index >= 15 is 0 Å². The lowest BCUT2D eigenvalue weighted by Crippen LogP contribution is -2.22. The Balaban J connectivity index is 2.24. The van der Waals surface area contributed by atoms with Crippen LogP contribution in [0.25, 0.3) is 0 Å². The Labute approximate surface area is 107 Å². The molecule has 3 unspecified atom stereocenters. The van der Waals surface area contributed by atoms with Crippen molar-refractivity contribution in [2.75, 3.05) is 0 Å². The molecule has 0 heterocycles. The molecule has 18 heavy (non-hydrogen) atoms. The topological polar surface area (TPSA) is 26.0 Å². The van der Waals surface area contributed by atoms with Crippen LogP contribution in [0.15, 0.2) is 12.1 Å². The van der Waals surface area contributed by atoms with Crippen LogP contribution in [0.5, 0.6) is 0 Å². The molecule has 2 rings (SSSR count). The summed E-state index contributed by atoms with van der Waals surface area (Å²) in [5.74, 6) is -0.106. The molecule has 1 saturated carbocycles. The molecular weight excluding hydrogens is 232 g/mol. The fraction of sp³-hybridized carbons (Fsp3) is 0.600. The number of hydrogen-bond acceptors (Lipinski definition) is 1. The molecule has 0 spiro atoms. The van der Waals surface area contributed by atoms with Gasteiger partial charge in [0, 0.05) is 11.6 Å². The molecule has 1 aliphatic carbocycles. The quantitative estimate of drug-likeness (QED) is 0.862. The number of benzene rings is 1. The van der Waals surface area contributed by atoms with E-state index in [-0.39, 0.29) is 11.5 Å². The Kier molecular flexibility index (Phi) is 4.00. The van der Waals surface area contributed by atoms with Crippen LogP contribution in [0.3, 0.4) is 0 Å². The zero-order chi connectivity index (χ0) is 13.3. The largest absolute Gasteiger partial charge is 0.324 e. The van der Waals surface area contributed by atoms with E-state index in [9.17, 15) is 8.78 Å². The van der Waals surface area contributed by atoms with Crippen molar-refractivity contribution >= 4 is 0 Å². The molecule has 1 fully saturated rings. The van der Waals surface area contributed by atoms with Crippen LogP contribution in [0.1, 0.15) is 49.8 Å². The Morgan fingerprint density at radius 2 is 2.06 bits per heavy atom. The molecular formula is C15H21F2N. The molecule has 0 amide bonds. The summed E-state index contributed by atoms with van der Waals surface area (Å²) in [6.45, 7) is 3.81. The number of aryl methyl sites for hydroxylation is 1. The minimum atomic E-state index is -0.513. The van der Waals surface area contributed by atoms with Crippen molar-refractivity contribution in [2.45, 2.75) is 45.6 Å². The van der Waals surface area contributed by atoms with Crippen molar-refractivity contribution in [3.8, 4) is 0 Å². The summed E-state index contributed by atoms with van der Waals surface area (Å²) in [5.41, 5.74) is 6.65. The predicted octanol–water partition coefficient (Wildman–Crippen LogP) is 4.10. The second-order valence-corrected chi connectivity index (χ2v) is 5.47. The van der Waals surface area contributed by atoms with Crippen molar-refractivity contribution in [1.82, 2.24) is 0 Å². The standard InChI is InChI=1S/C15H21F2N/c1-3-10-5-6-11(8-10)15(18)13-12(16)7-4-9(2)14(13)17/h4,7,10-11,15H,3,5-6,8,18H2,1-2H3. The minimum absolute atomic E-state index is 0.0803. The van der Waals surface area contributed by atoms with Crippen LogP contribution in [-0.4, -0.2) is 0 Å². The lowest BCUT2D eigenvalue weighted by atomic mass is 9.89. The molecule has 1 aromatic carbocycles. The molecule has 100 valence electrons. The van der Waals surface area contributed by atoms with Gasteiger partial charge in [0.05, 0.1) is 0 Å². The number of nitrogens with two attached hydrogens (primary N) is 1. The smallest absolute Gasteiger partial charge is 0.133 e. The fourth-order valence-electron chi connectivity index (χ4n) is 3.03. The highest BCUT2D eigenvalue weighted by Gasteiger charge is 2.31. The van der Waals surface area contributed by atoms with Gasteiger partial charge >= 0.3 is 0 Å². The van der Waals surface area contributed by atoms with E-state index < -0.39 is 17.7 Å². The Bertz CT molecular complexity index is 431. The monoisotopic (exact) mass is 253 g/mol. The van der Waals surface area contributed by atoms with Crippen LogP contribution < -0.4 is 5.73 Å². The summed E-state index contributed by atoms with van der Waals surface area (Å²) < 4.78 is 27.8. The molecule has 1 nitrogen and oxygen atoms in total. The first-order valence-corrected chi connectivity index (χ1v) is 6.74. The van der Waals surface area contributed by atoms with Gasteiger partial charge in [-0.15, -0.1) is 0 Å². The maximum absolute atomic E-state index is 14.0. The van der Waals surface area contributed by atoms with Gasteiger partial charge in [-0.1, -0.05) is 25.8 Å². The normalized spacial score (nSPS) is 25.4. The van der Waals surface area contributed by atoms with Gasteiger partial charge in [0.25, 0.3) is 0 Å². The molecule has 3 atom stereocenters. The first kappa shape index (κ1) is 13.5. The van der Waals surface area contributed by atoms with Gasteiger partial charge in [-0.2, -0.15) is 0 Å². The molecule has 0 saturated heterocycles. The van der Waals surface area contributed by atoms with Gasteiger partial charge in [-0.3, -0.25) is 0 Å². The predicted molar refractivity (Wildman–Crippen MR) is 69.1 cm³/mol. The summed E-state index contributed by atoms with van der Waals surface area (Å²) in [6, 6.07) is 2.27. The first-order valence-electron chi connectivity index (χ1n) is 6.74. The van der Waals surface area contributed by atoms with E-state index in [0.29, 0.717) is 11.5 Å². The van der Waals surface area contributed by atoms with Crippen LogP contribution in [0, 0.1) is 30.4 Å². The third-order valence-corrected chi connectivity index (χ3v) is 4.32. The van der Waals surface area contributed by atoms with Crippen molar-refractivity contribution in [3.63, 3.8) is 0 Å². The highest BCUT2D eigenvalue weighted by Crippen LogP contribution is 2.40. The molecule has 3 heteroatoms. The van der Waals surface area contributed by atoms with Crippen LogP contribution >= 0.6 is 0 Å². The highest BCUT2D eigenvalue weighted by atomic mass is 19.1. The van der Waals surface area contributed by atoms with E-state index in [2.05, 4.69) is 6.92 Å². The molecule has 2 N–H and O–H groups in total. The van der Waals surface area contributed by atoms with Crippen molar-refractivity contribution in [1.29, 1.82) is 0 Å². The lowest BCUT2D eigenvalue weighted by molar-refractivity contribution is 0.391. The van der Waals surface area contributed by atoms with Crippen molar-refractivity contribution < 1.29 is 8.78 Å². The molecule has 1 aliphatic rings. The summed E-state index contributed by atoms with van der Waals surface area (Å²) in [4.78, 5) is 0. The third-order valence-electron chi connectivity index (χ3n) is 4.32. The Hall–Kier alpha value is -0.960. The summed E-state index contributed by atoms with van der Waals surface area (Å²) in [6.07, 6.45) is 4.23. The minimum Gasteiger partial charge on any atom is -0.324 e. The lowest BCUT2D eigenvalue weighted by Gasteiger charge is -2.21. The molecule has 0 bridgehead atoms. The van der Waals surface area contributed by atoms with Crippen LogP contribution in [-0.2, 0) is 0 Å². The second-order valence-electron chi connectivity index (χ2n) is 5.47. The number of rotatable bonds is 3. The molecule has 0 aromatic heterocycles. The van der Waals surface area contributed by atoms with Gasteiger partial charge in [-0.05, 0) is 43.2 Å². The Morgan fingerprint density at radius 1 is 1.33 bits per heavy atom. The molecule has 0 radical (unpaired) electrons. The molecule has 0 aliphatic heterocycles. The molecule has 1 aromatic rings. The van der Waals surface area contributed by atoms with Crippen molar-refractivity contribution in [3.05, 3.63) is 34.9 Å². The van der Waals surface area contributed by atoms with E-state index in [0.717, 1.165) is 25.7 Å². The third kappa shape index (κ3) is 2.41. The van der Waals surface area contributed by atoms with E-state index in [1.54, 1.807) is 6.92 Å². The fourth-order valence-corrected chi connectivity index (χ4v) is 3.03. The highest BCUT2D eigenvalue weighted by molar-refractivity contribution is 5.29. The summed E-state index contributed by atoms with van der Waals surface area (Å²) in [7, 11) is 0. The van der Waals surface area contributed by atoms with Crippen molar-refractivity contribution in [2.24, 2.45) is 17.6 Å². The Morgan fingerprint density at radius 3 is 2.67 bits per heavy atom. The zero-order valence-corrected chi connectivity index (χ0v) is 11.0. The average Bonchev–Trinajstić information content (AvgIpc) is 2.83. The van der Waals surface area contributed by atoms with E-state index in [4.69, 9.17) is 5.73 Å².